The first-order chi connectivity index (χ1) is 9.84. The fraction of sp³-hybridized carbons (Fsp3) is 0.588. The number of amides is 2. The molecule has 0 aliphatic heterocycles. The van der Waals surface area contributed by atoms with E-state index in [4.69, 9.17) is 0 Å². The van der Waals surface area contributed by atoms with E-state index >= 15 is 0 Å². The molecule has 0 heterocycles. The van der Waals surface area contributed by atoms with Gasteiger partial charge in [0.1, 0.15) is 0 Å². The minimum Gasteiger partial charge on any atom is -0.338 e. The maximum atomic E-state index is 11.6. The minimum atomic E-state index is -0.00314. The van der Waals surface area contributed by atoms with E-state index in [0.29, 0.717) is 5.92 Å². The van der Waals surface area contributed by atoms with Crippen LogP contribution in [0, 0.1) is 5.92 Å². The maximum Gasteiger partial charge on any atom is 0.314 e. The second kappa shape index (κ2) is 8.62. The number of carbonyl (C=O) groups is 1. The second-order valence-corrected chi connectivity index (χ2v) is 5.73. The van der Waals surface area contributed by atoms with E-state index in [2.05, 4.69) is 34.9 Å². The van der Waals surface area contributed by atoms with Crippen molar-refractivity contribution in [2.75, 3.05) is 13.1 Å². The number of carbonyl (C=O) groups excluding carboxylic acids is 1. The van der Waals surface area contributed by atoms with Crippen LogP contribution in [0.2, 0.25) is 0 Å². The Morgan fingerprint density at radius 2 is 1.80 bits per heavy atom. The fourth-order valence-electron chi connectivity index (χ4n) is 2.81. The normalized spacial score (nSPS) is 15.2. The molecule has 2 amide bonds. The lowest BCUT2D eigenvalue weighted by Gasteiger charge is -2.11. The summed E-state index contributed by atoms with van der Waals surface area (Å²) < 4.78 is 0. The van der Waals surface area contributed by atoms with Crippen molar-refractivity contribution in [2.24, 2.45) is 5.92 Å². The Balaban J connectivity index is 1.47. The van der Waals surface area contributed by atoms with Gasteiger partial charge in [0.2, 0.25) is 0 Å². The smallest absolute Gasteiger partial charge is 0.314 e. The second-order valence-electron chi connectivity index (χ2n) is 5.73. The van der Waals surface area contributed by atoms with Crippen molar-refractivity contribution in [3.63, 3.8) is 0 Å². The SMILES string of the molecule is O=C(NCCCCc1ccccc1)NCC1CCCC1. The molecule has 1 fully saturated rings. The van der Waals surface area contributed by atoms with Crippen LogP contribution in [-0.2, 0) is 6.42 Å². The van der Waals surface area contributed by atoms with Crippen molar-refractivity contribution in [2.45, 2.75) is 44.9 Å². The predicted octanol–water partition coefficient (Wildman–Crippen LogP) is 3.50. The Morgan fingerprint density at radius 3 is 2.55 bits per heavy atom. The molecule has 1 aliphatic rings. The zero-order chi connectivity index (χ0) is 14.0. The molecular formula is C17H26N2O. The van der Waals surface area contributed by atoms with Gasteiger partial charge in [0.15, 0.2) is 0 Å². The number of hydrogen-bond acceptors (Lipinski definition) is 1. The lowest BCUT2D eigenvalue weighted by molar-refractivity contribution is 0.238. The van der Waals surface area contributed by atoms with E-state index in [0.717, 1.165) is 32.4 Å². The first-order valence-electron chi connectivity index (χ1n) is 7.90. The highest BCUT2D eigenvalue weighted by atomic mass is 16.2. The zero-order valence-corrected chi connectivity index (χ0v) is 12.2. The largest absolute Gasteiger partial charge is 0.338 e. The van der Waals surface area contributed by atoms with Crippen LogP contribution in [0.1, 0.15) is 44.1 Å². The zero-order valence-electron chi connectivity index (χ0n) is 12.2. The summed E-state index contributed by atoms with van der Waals surface area (Å²) in [7, 11) is 0. The maximum absolute atomic E-state index is 11.6. The van der Waals surface area contributed by atoms with Crippen molar-refractivity contribution in [3.8, 4) is 0 Å². The molecule has 1 aromatic carbocycles. The van der Waals surface area contributed by atoms with Crippen LogP contribution in [0.4, 0.5) is 4.79 Å². The Bertz CT molecular complexity index is 385. The van der Waals surface area contributed by atoms with Gasteiger partial charge in [0.05, 0.1) is 0 Å². The van der Waals surface area contributed by atoms with Gasteiger partial charge in [-0.3, -0.25) is 0 Å². The summed E-state index contributed by atoms with van der Waals surface area (Å²) in [5.41, 5.74) is 1.37. The molecule has 0 atom stereocenters. The highest BCUT2D eigenvalue weighted by Crippen LogP contribution is 2.23. The van der Waals surface area contributed by atoms with Gasteiger partial charge in [-0.2, -0.15) is 0 Å². The van der Waals surface area contributed by atoms with E-state index in [-0.39, 0.29) is 6.03 Å². The summed E-state index contributed by atoms with van der Waals surface area (Å²) in [6.45, 7) is 1.61. The molecule has 3 nitrogen and oxygen atoms in total. The summed E-state index contributed by atoms with van der Waals surface area (Å²) in [6.07, 6.45) is 8.44. The molecule has 1 saturated carbocycles. The van der Waals surface area contributed by atoms with Gasteiger partial charge in [-0.25, -0.2) is 4.79 Å². The molecule has 2 rings (SSSR count). The fourth-order valence-corrected chi connectivity index (χ4v) is 2.81. The summed E-state index contributed by atoms with van der Waals surface area (Å²) in [4.78, 5) is 11.6. The van der Waals surface area contributed by atoms with Crippen LogP contribution in [0.3, 0.4) is 0 Å². The molecule has 110 valence electrons. The minimum absolute atomic E-state index is 0.00314. The first kappa shape index (κ1) is 14.9. The van der Waals surface area contributed by atoms with Crippen LogP contribution in [0.5, 0.6) is 0 Å². The van der Waals surface area contributed by atoms with Crippen LogP contribution in [0.15, 0.2) is 30.3 Å². The molecule has 20 heavy (non-hydrogen) atoms. The van der Waals surface area contributed by atoms with Crippen molar-refractivity contribution >= 4 is 6.03 Å². The quantitative estimate of drug-likeness (QED) is 0.734. The first-order valence-corrected chi connectivity index (χ1v) is 7.90. The average molecular weight is 274 g/mol. The van der Waals surface area contributed by atoms with Gasteiger partial charge in [-0.15, -0.1) is 0 Å². The van der Waals surface area contributed by atoms with Gasteiger partial charge in [0, 0.05) is 13.1 Å². The van der Waals surface area contributed by atoms with Gasteiger partial charge in [-0.05, 0) is 43.6 Å². The summed E-state index contributed by atoms with van der Waals surface area (Å²) in [5.74, 6) is 0.707. The van der Waals surface area contributed by atoms with Crippen molar-refractivity contribution < 1.29 is 4.79 Å². The third-order valence-electron chi connectivity index (χ3n) is 4.05. The summed E-state index contributed by atoms with van der Waals surface area (Å²) in [6, 6.07) is 10.5. The number of urea groups is 1. The van der Waals surface area contributed by atoms with Crippen LogP contribution >= 0.6 is 0 Å². The summed E-state index contributed by atoms with van der Waals surface area (Å²) >= 11 is 0. The molecule has 3 heteroatoms. The Morgan fingerprint density at radius 1 is 1.05 bits per heavy atom. The Hall–Kier alpha value is -1.51. The van der Waals surface area contributed by atoms with E-state index in [9.17, 15) is 4.79 Å². The lowest BCUT2D eigenvalue weighted by atomic mass is 10.1. The van der Waals surface area contributed by atoms with Gasteiger partial charge in [-0.1, -0.05) is 43.2 Å². The number of hydrogen-bond donors (Lipinski definition) is 2. The standard InChI is InChI=1S/C17H26N2O/c20-17(19-14-16-11-4-5-12-16)18-13-7-6-10-15-8-2-1-3-9-15/h1-3,8-9,16H,4-7,10-14H2,(H2,18,19,20). The van der Waals surface area contributed by atoms with E-state index in [1.54, 1.807) is 0 Å². The molecule has 1 aliphatic carbocycles. The molecule has 0 bridgehead atoms. The van der Waals surface area contributed by atoms with Crippen molar-refractivity contribution in [1.29, 1.82) is 0 Å². The molecule has 0 spiro atoms. The van der Waals surface area contributed by atoms with Crippen LogP contribution < -0.4 is 10.6 Å². The summed E-state index contributed by atoms with van der Waals surface area (Å²) in [5, 5.41) is 5.93. The highest BCUT2D eigenvalue weighted by molar-refractivity contribution is 5.73. The van der Waals surface area contributed by atoms with Gasteiger partial charge < -0.3 is 10.6 Å². The van der Waals surface area contributed by atoms with Crippen molar-refractivity contribution in [3.05, 3.63) is 35.9 Å². The molecule has 0 radical (unpaired) electrons. The number of nitrogens with one attached hydrogen (secondary N) is 2. The Kier molecular flexibility index (Phi) is 6.42. The third kappa shape index (κ3) is 5.64. The number of unbranched alkanes of at least 4 members (excludes halogenated alkanes) is 1. The number of aryl methyl sites for hydroxylation is 1. The van der Waals surface area contributed by atoms with E-state index in [1.165, 1.54) is 31.2 Å². The average Bonchev–Trinajstić information content (AvgIpc) is 2.99. The molecule has 0 saturated heterocycles. The van der Waals surface area contributed by atoms with Gasteiger partial charge in [0.25, 0.3) is 0 Å². The lowest BCUT2D eigenvalue weighted by Crippen LogP contribution is -2.38. The predicted molar refractivity (Wildman–Crippen MR) is 82.7 cm³/mol. The van der Waals surface area contributed by atoms with Gasteiger partial charge >= 0.3 is 6.03 Å². The van der Waals surface area contributed by atoms with Crippen LogP contribution in [0.25, 0.3) is 0 Å². The third-order valence-corrected chi connectivity index (χ3v) is 4.05. The van der Waals surface area contributed by atoms with Crippen LogP contribution in [-0.4, -0.2) is 19.1 Å². The van der Waals surface area contributed by atoms with E-state index < -0.39 is 0 Å². The van der Waals surface area contributed by atoms with Crippen molar-refractivity contribution in [1.82, 2.24) is 10.6 Å². The number of rotatable bonds is 7. The molecule has 2 N–H and O–H groups in total. The molecule has 0 aromatic heterocycles. The Labute approximate surface area is 122 Å². The number of benzene rings is 1. The van der Waals surface area contributed by atoms with E-state index in [1.807, 2.05) is 6.07 Å². The topological polar surface area (TPSA) is 41.1 Å². The monoisotopic (exact) mass is 274 g/mol. The molecule has 1 aromatic rings. The molecular weight excluding hydrogens is 248 g/mol. The molecule has 0 unspecified atom stereocenters. The highest BCUT2D eigenvalue weighted by Gasteiger charge is 2.15.